The van der Waals surface area contributed by atoms with Crippen LogP contribution in [-0.2, 0) is 17.8 Å². The van der Waals surface area contributed by atoms with Crippen LogP contribution in [0.1, 0.15) is 30.9 Å². The predicted octanol–water partition coefficient (Wildman–Crippen LogP) is 2.55. The van der Waals surface area contributed by atoms with Gasteiger partial charge in [-0.25, -0.2) is 14.8 Å². The maximum Gasteiger partial charge on any atom is 0.315 e. The van der Waals surface area contributed by atoms with E-state index in [0.717, 1.165) is 54.9 Å². The van der Waals surface area contributed by atoms with Crippen molar-refractivity contribution in [3.63, 3.8) is 0 Å². The van der Waals surface area contributed by atoms with Crippen molar-refractivity contribution < 1.29 is 9.53 Å². The third kappa shape index (κ3) is 5.85. The van der Waals surface area contributed by atoms with Crippen molar-refractivity contribution in [1.29, 1.82) is 0 Å². The van der Waals surface area contributed by atoms with Gasteiger partial charge in [0, 0.05) is 57.2 Å². The zero-order chi connectivity index (χ0) is 21.5. The van der Waals surface area contributed by atoms with E-state index in [2.05, 4.69) is 43.4 Å². The molecule has 0 spiro atoms. The second kappa shape index (κ2) is 10.4. The van der Waals surface area contributed by atoms with Crippen molar-refractivity contribution in [2.24, 2.45) is 5.92 Å². The summed E-state index contributed by atoms with van der Waals surface area (Å²) in [6, 6.07) is 7.79. The molecule has 166 valence electrons. The molecule has 0 saturated carbocycles. The molecular formula is C23H32N6O2. The van der Waals surface area contributed by atoms with Gasteiger partial charge in [0.25, 0.3) is 0 Å². The van der Waals surface area contributed by atoms with Gasteiger partial charge < -0.3 is 25.2 Å². The van der Waals surface area contributed by atoms with Crippen LogP contribution < -0.4 is 20.4 Å². The molecule has 4 rings (SSSR count). The molecule has 2 fully saturated rings. The Bertz CT molecular complexity index is 845. The van der Waals surface area contributed by atoms with Crippen molar-refractivity contribution in [2.45, 2.75) is 32.9 Å². The number of nitrogens with one attached hydrogen (secondary N) is 2. The highest BCUT2D eigenvalue weighted by atomic mass is 16.5. The fourth-order valence-electron chi connectivity index (χ4n) is 3.99. The van der Waals surface area contributed by atoms with E-state index in [-0.39, 0.29) is 6.03 Å². The van der Waals surface area contributed by atoms with Crippen LogP contribution in [-0.4, -0.2) is 55.4 Å². The zero-order valence-corrected chi connectivity index (χ0v) is 18.2. The monoisotopic (exact) mass is 424 g/mol. The number of morpholine rings is 1. The Morgan fingerprint density at radius 2 is 1.81 bits per heavy atom. The molecule has 0 unspecified atom stereocenters. The van der Waals surface area contributed by atoms with Gasteiger partial charge in [-0.15, -0.1) is 0 Å². The highest BCUT2D eigenvalue weighted by Gasteiger charge is 2.17. The number of nitrogens with zero attached hydrogens (tertiary/aromatic N) is 4. The molecule has 2 aliphatic heterocycles. The fraction of sp³-hybridized carbons (Fsp3) is 0.522. The van der Waals surface area contributed by atoms with Crippen LogP contribution in [0, 0.1) is 5.92 Å². The molecule has 2 aliphatic rings. The summed E-state index contributed by atoms with van der Waals surface area (Å²) in [5.41, 5.74) is 1.99. The molecule has 2 amide bonds. The van der Waals surface area contributed by atoms with Gasteiger partial charge in [-0.2, -0.15) is 0 Å². The number of ether oxygens (including phenoxy) is 1. The summed E-state index contributed by atoms with van der Waals surface area (Å²) in [6.45, 7) is 8.34. The summed E-state index contributed by atoms with van der Waals surface area (Å²) in [6.07, 6.45) is 6.07. The first kappa shape index (κ1) is 21.4. The Labute approximate surface area is 184 Å². The second-order valence-corrected chi connectivity index (χ2v) is 8.32. The van der Waals surface area contributed by atoms with Gasteiger partial charge in [-0.05, 0) is 36.5 Å². The molecule has 0 atom stereocenters. The molecule has 31 heavy (non-hydrogen) atoms. The van der Waals surface area contributed by atoms with Crippen LogP contribution in [0.4, 0.5) is 16.4 Å². The Hall–Kier alpha value is -2.87. The SMILES string of the molecule is CC1CCN(c2ccc(CNC(=O)NCc3cccnc3N3CCOCC3)cn2)CC1. The molecule has 0 aliphatic carbocycles. The maximum absolute atomic E-state index is 12.3. The number of piperidine rings is 1. The predicted molar refractivity (Wildman–Crippen MR) is 121 cm³/mol. The van der Waals surface area contributed by atoms with Gasteiger partial charge >= 0.3 is 6.03 Å². The lowest BCUT2D eigenvalue weighted by Crippen LogP contribution is -2.38. The minimum atomic E-state index is -0.203. The normalized spacial score (nSPS) is 17.5. The number of pyridine rings is 2. The number of rotatable bonds is 6. The second-order valence-electron chi connectivity index (χ2n) is 8.32. The van der Waals surface area contributed by atoms with Crippen molar-refractivity contribution in [3.8, 4) is 0 Å². The minimum Gasteiger partial charge on any atom is -0.378 e. The number of anilines is 2. The molecule has 0 bridgehead atoms. The summed E-state index contributed by atoms with van der Waals surface area (Å²) in [7, 11) is 0. The molecule has 2 saturated heterocycles. The first-order chi connectivity index (χ1) is 15.2. The summed E-state index contributed by atoms with van der Waals surface area (Å²) in [5.74, 6) is 2.74. The first-order valence-corrected chi connectivity index (χ1v) is 11.2. The van der Waals surface area contributed by atoms with Crippen LogP contribution in [0.25, 0.3) is 0 Å². The average molecular weight is 425 g/mol. The van der Waals surface area contributed by atoms with Gasteiger partial charge in [0.15, 0.2) is 0 Å². The number of urea groups is 1. The van der Waals surface area contributed by atoms with Gasteiger partial charge in [-0.3, -0.25) is 0 Å². The number of hydrogen-bond acceptors (Lipinski definition) is 6. The number of hydrogen-bond donors (Lipinski definition) is 2. The van der Waals surface area contributed by atoms with E-state index in [1.165, 1.54) is 12.8 Å². The molecule has 8 heteroatoms. The van der Waals surface area contributed by atoms with E-state index in [9.17, 15) is 4.79 Å². The minimum absolute atomic E-state index is 0.203. The number of carbonyl (C=O) groups excluding carboxylic acids is 1. The molecule has 0 aromatic carbocycles. The van der Waals surface area contributed by atoms with Crippen molar-refractivity contribution in [2.75, 3.05) is 49.2 Å². The lowest BCUT2D eigenvalue weighted by atomic mass is 9.99. The topological polar surface area (TPSA) is 82.6 Å². The highest BCUT2D eigenvalue weighted by Crippen LogP contribution is 2.21. The third-order valence-electron chi connectivity index (χ3n) is 5.99. The van der Waals surface area contributed by atoms with Gasteiger partial charge in [0.1, 0.15) is 11.6 Å². The summed E-state index contributed by atoms with van der Waals surface area (Å²) in [4.78, 5) is 26.0. The largest absolute Gasteiger partial charge is 0.378 e. The zero-order valence-electron chi connectivity index (χ0n) is 18.2. The summed E-state index contributed by atoms with van der Waals surface area (Å²) >= 11 is 0. The first-order valence-electron chi connectivity index (χ1n) is 11.2. The molecule has 2 N–H and O–H groups in total. The number of carbonyl (C=O) groups is 1. The van der Waals surface area contributed by atoms with Crippen LogP contribution in [0.15, 0.2) is 36.7 Å². The van der Waals surface area contributed by atoms with Gasteiger partial charge in [0.2, 0.25) is 0 Å². The van der Waals surface area contributed by atoms with Crippen LogP contribution in [0.5, 0.6) is 0 Å². The summed E-state index contributed by atoms with van der Waals surface area (Å²) in [5, 5.41) is 5.85. The molecule has 2 aromatic rings. The molecule has 2 aromatic heterocycles. The Kier molecular flexibility index (Phi) is 7.19. The van der Waals surface area contributed by atoms with Crippen LogP contribution in [0.3, 0.4) is 0 Å². The summed E-state index contributed by atoms with van der Waals surface area (Å²) < 4.78 is 5.42. The van der Waals surface area contributed by atoms with E-state index in [1.54, 1.807) is 6.20 Å². The van der Waals surface area contributed by atoms with E-state index in [4.69, 9.17) is 4.74 Å². The Balaban J connectivity index is 1.24. The highest BCUT2D eigenvalue weighted by molar-refractivity contribution is 5.74. The Morgan fingerprint density at radius 1 is 1.03 bits per heavy atom. The van der Waals surface area contributed by atoms with E-state index < -0.39 is 0 Å². The molecule has 4 heterocycles. The lowest BCUT2D eigenvalue weighted by molar-refractivity contribution is 0.122. The smallest absolute Gasteiger partial charge is 0.315 e. The lowest BCUT2D eigenvalue weighted by Gasteiger charge is -2.31. The molecule has 8 nitrogen and oxygen atoms in total. The third-order valence-corrected chi connectivity index (χ3v) is 5.99. The fourth-order valence-corrected chi connectivity index (χ4v) is 3.99. The average Bonchev–Trinajstić information content (AvgIpc) is 2.83. The maximum atomic E-state index is 12.3. The number of amides is 2. The quantitative estimate of drug-likeness (QED) is 0.742. The van der Waals surface area contributed by atoms with Crippen molar-refractivity contribution in [1.82, 2.24) is 20.6 Å². The molecular weight excluding hydrogens is 392 g/mol. The van der Waals surface area contributed by atoms with Crippen molar-refractivity contribution >= 4 is 17.7 Å². The van der Waals surface area contributed by atoms with Crippen LogP contribution >= 0.6 is 0 Å². The van der Waals surface area contributed by atoms with Gasteiger partial charge in [-0.1, -0.05) is 19.1 Å². The van der Waals surface area contributed by atoms with E-state index in [0.29, 0.717) is 26.3 Å². The number of aromatic nitrogens is 2. The van der Waals surface area contributed by atoms with Crippen molar-refractivity contribution in [3.05, 3.63) is 47.8 Å². The van der Waals surface area contributed by atoms with E-state index in [1.807, 2.05) is 24.4 Å². The standard InChI is InChI=1S/C23H32N6O2/c1-18-6-9-28(10-7-18)21-5-4-19(15-25-21)16-26-23(30)27-17-20-3-2-8-24-22(20)29-11-13-31-14-12-29/h2-5,8,15,18H,6-7,9-14,16-17H2,1H3,(H2,26,27,30). The molecule has 0 radical (unpaired) electrons. The van der Waals surface area contributed by atoms with E-state index >= 15 is 0 Å². The van der Waals surface area contributed by atoms with Gasteiger partial charge in [0.05, 0.1) is 13.2 Å². The Morgan fingerprint density at radius 3 is 2.55 bits per heavy atom. The van der Waals surface area contributed by atoms with Crippen LogP contribution in [0.2, 0.25) is 0 Å².